The smallest absolute Gasteiger partial charge is 0.462 e. The van der Waals surface area contributed by atoms with E-state index in [1.807, 2.05) is 25.2 Å². The van der Waals surface area contributed by atoms with Gasteiger partial charge in [-0.25, -0.2) is 4.57 Å². The fraction of sp³-hybridized carbons (Fsp3) is 0.692. The molecule has 0 aromatic rings. The lowest BCUT2D eigenvalue weighted by atomic mass is 9.85. The van der Waals surface area contributed by atoms with Crippen LogP contribution in [0.4, 0.5) is 0 Å². The van der Waals surface area contributed by atoms with Crippen molar-refractivity contribution in [1.29, 1.82) is 0 Å². The van der Waals surface area contributed by atoms with Gasteiger partial charge in [0, 0.05) is 12.8 Å². The van der Waals surface area contributed by atoms with Gasteiger partial charge in [0.15, 0.2) is 6.10 Å². The summed E-state index contributed by atoms with van der Waals surface area (Å²) in [6.07, 6.45) is 37.1. The van der Waals surface area contributed by atoms with E-state index in [0.717, 1.165) is 89.9 Å². The number of allylic oxidation sites excluding steroid dienone is 14. The molecule has 1 aliphatic rings. The number of unbranched alkanes of at least 4 members (excludes halogenated alkanes) is 11. The minimum Gasteiger partial charge on any atom is -0.462 e. The molecule has 0 aromatic heterocycles. The highest BCUT2D eigenvalue weighted by Gasteiger charge is 2.51. The van der Waals surface area contributed by atoms with Crippen LogP contribution in [0.5, 0.6) is 0 Å². The van der Waals surface area contributed by atoms with Gasteiger partial charge in [0.2, 0.25) is 0 Å². The van der Waals surface area contributed by atoms with Gasteiger partial charge in [0.1, 0.15) is 43.2 Å². The van der Waals surface area contributed by atoms with E-state index in [4.69, 9.17) is 18.5 Å². The fourth-order valence-corrected chi connectivity index (χ4v) is 7.89. The second-order valence-electron chi connectivity index (χ2n) is 17.1. The monoisotopic (exact) mass is 967 g/mol. The Hall–Kier alpha value is -3.01. The van der Waals surface area contributed by atoms with Crippen LogP contribution >= 0.6 is 7.82 Å². The molecule has 0 saturated heterocycles. The second kappa shape index (κ2) is 40.8. The number of esters is 2. The van der Waals surface area contributed by atoms with Crippen LogP contribution < -0.4 is 0 Å². The molecule has 0 amide bonds. The average Bonchev–Trinajstić information content (AvgIpc) is 3.31. The molecule has 15 heteroatoms. The summed E-state index contributed by atoms with van der Waals surface area (Å²) in [5.41, 5.74) is 0. The molecule has 1 fully saturated rings. The van der Waals surface area contributed by atoms with Crippen molar-refractivity contribution in [3.05, 3.63) is 85.1 Å². The van der Waals surface area contributed by atoms with Crippen molar-refractivity contribution in [3.63, 3.8) is 0 Å². The number of hydrogen-bond acceptors (Lipinski definition) is 13. The zero-order valence-corrected chi connectivity index (χ0v) is 41.4. The van der Waals surface area contributed by atoms with Crippen molar-refractivity contribution in [2.24, 2.45) is 0 Å². The maximum atomic E-state index is 12.8. The van der Waals surface area contributed by atoms with Crippen LogP contribution in [0.2, 0.25) is 0 Å². The number of carbonyl (C=O) groups is 2. The van der Waals surface area contributed by atoms with Gasteiger partial charge >= 0.3 is 19.8 Å². The van der Waals surface area contributed by atoms with Gasteiger partial charge in [0.05, 0.1) is 12.7 Å². The minimum atomic E-state index is -5.15. The predicted octanol–water partition coefficient (Wildman–Crippen LogP) is 9.42. The van der Waals surface area contributed by atoms with Crippen LogP contribution in [0.25, 0.3) is 0 Å². The Morgan fingerprint density at radius 3 is 1.45 bits per heavy atom. The van der Waals surface area contributed by atoms with Gasteiger partial charge in [-0.3, -0.25) is 18.6 Å². The Bertz CT molecular complexity index is 1510. The molecule has 0 aromatic carbocycles. The molecule has 0 bridgehead atoms. The van der Waals surface area contributed by atoms with Gasteiger partial charge in [-0.2, -0.15) is 0 Å². The number of phosphoric acid groups is 1. The van der Waals surface area contributed by atoms with Crippen LogP contribution in [-0.4, -0.2) is 110 Å². The Morgan fingerprint density at radius 1 is 0.522 bits per heavy atom. The minimum absolute atomic E-state index is 0.0000619. The first-order chi connectivity index (χ1) is 32.3. The molecule has 7 N–H and O–H groups in total. The van der Waals surface area contributed by atoms with E-state index in [1.54, 1.807) is 0 Å². The van der Waals surface area contributed by atoms with Crippen molar-refractivity contribution < 1.29 is 68.2 Å². The summed E-state index contributed by atoms with van der Waals surface area (Å²) in [5.74, 6) is -1.20. The highest BCUT2D eigenvalue weighted by Crippen LogP contribution is 2.47. The molecular weight excluding hydrogens is 880 g/mol. The highest BCUT2D eigenvalue weighted by atomic mass is 31.2. The van der Waals surface area contributed by atoms with E-state index in [-0.39, 0.29) is 18.9 Å². The van der Waals surface area contributed by atoms with Crippen molar-refractivity contribution in [3.8, 4) is 0 Å². The van der Waals surface area contributed by atoms with Crippen molar-refractivity contribution in [1.82, 2.24) is 0 Å². The molecule has 0 aliphatic heterocycles. The van der Waals surface area contributed by atoms with E-state index in [9.17, 15) is 49.7 Å². The van der Waals surface area contributed by atoms with E-state index < -0.39 is 75.7 Å². The lowest BCUT2D eigenvalue weighted by Crippen LogP contribution is -2.64. The molecule has 67 heavy (non-hydrogen) atoms. The number of ether oxygens (including phenoxy) is 2. The summed E-state index contributed by atoms with van der Waals surface area (Å²) in [6.45, 7) is 2.95. The molecule has 9 atom stereocenters. The first kappa shape index (κ1) is 62.0. The fourth-order valence-electron chi connectivity index (χ4n) is 6.91. The largest absolute Gasteiger partial charge is 0.472 e. The second-order valence-corrected chi connectivity index (χ2v) is 18.5. The van der Waals surface area contributed by atoms with Gasteiger partial charge in [0.25, 0.3) is 0 Å². The summed E-state index contributed by atoms with van der Waals surface area (Å²) in [6, 6.07) is 0. The summed E-state index contributed by atoms with van der Waals surface area (Å²) >= 11 is 0. The first-order valence-corrected chi connectivity index (χ1v) is 26.5. The number of hydrogen-bond donors (Lipinski definition) is 7. The Morgan fingerprint density at radius 2 is 0.940 bits per heavy atom. The number of aliphatic hydroxyl groups excluding tert-OH is 6. The summed E-state index contributed by atoms with van der Waals surface area (Å²) in [4.78, 5) is 35.8. The normalized spacial score (nSPS) is 22.3. The highest BCUT2D eigenvalue weighted by molar-refractivity contribution is 7.47. The van der Waals surface area contributed by atoms with Crippen molar-refractivity contribution in [2.75, 3.05) is 13.2 Å². The molecule has 384 valence electrons. The molecule has 1 saturated carbocycles. The molecular formula is C52H87O14P. The standard InChI is InChI=1S/C52H87O14P/c1-3-5-6-7-8-9-10-11-12-13-14-15-16-17-21-24-27-30-33-36-39-45(54)63-41-44(42-64-67(61,62)66-52-50(59)48(57)47(56)49(58)51(52)60)65-46(55)40-37-34-31-28-25-22-19-18-20-23-26-29-32-35-38-43(53)4-2/h9-10,12-13,15-16,19-20,22-23,28-29,31-32,43-44,47-53,56-60H,3-8,11,14,17-18,21,24-27,30,33-42H2,1-2H3,(H,61,62)/b10-9-,13-12-,16-15-,22-19-,23-20-,31-28-,32-29-/t43-,44-,47?,48-,49+,50-,51-,52?/m1/s1. The molecule has 3 unspecified atom stereocenters. The molecule has 14 nitrogen and oxygen atoms in total. The van der Waals surface area contributed by atoms with Crippen molar-refractivity contribution >= 4 is 19.8 Å². The zero-order valence-electron chi connectivity index (χ0n) is 40.5. The number of rotatable bonds is 40. The van der Waals surface area contributed by atoms with Crippen molar-refractivity contribution in [2.45, 2.75) is 217 Å². The van der Waals surface area contributed by atoms with Gasteiger partial charge in [-0.1, -0.05) is 144 Å². The molecule has 1 aliphatic carbocycles. The number of phosphoric ester groups is 1. The van der Waals surface area contributed by atoms with E-state index in [1.165, 1.54) is 32.1 Å². The third-order valence-electron chi connectivity index (χ3n) is 11.1. The van der Waals surface area contributed by atoms with Gasteiger partial charge in [-0.05, 0) is 96.3 Å². The van der Waals surface area contributed by atoms with Gasteiger partial charge < -0.3 is 45.0 Å². The van der Waals surface area contributed by atoms with Crippen LogP contribution in [0.3, 0.4) is 0 Å². The average molecular weight is 967 g/mol. The molecule has 1 rings (SSSR count). The van der Waals surface area contributed by atoms with Gasteiger partial charge in [-0.15, -0.1) is 0 Å². The number of carbonyl (C=O) groups excluding carboxylic acids is 2. The summed E-state index contributed by atoms with van der Waals surface area (Å²) in [7, 11) is -5.15. The van der Waals surface area contributed by atoms with Crippen LogP contribution in [-0.2, 0) is 32.7 Å². The first-order valence-electron chi connectivity index (χ1n) is 25.0. The SMILES string of the molecule is CCCCCC/C=C\C/C=C\C/C=C\CCCCCCCCC(=O)OC[C@H](COP(=O)(O)OC1[C@H](O)[C@H](O)C(O)[C@H](O)[C@H]1O)OC(=O)CCC/C=C\C/C=C\C/C=C\C/C=C\CC[C@H](O)CC. The quantitative estimate of drug-likeness (QED) is 0.0131. The topological polar surface area (TPSA) is 230 Å². The van der Waals surface area contributed by atoms with Crippen LogP contribution in [0, 0.1) is 0 Å². The maximum Gasteiger partial charge on any atom is 0.472 e. The number of aliphatic hydroxyl groups is 6. The van der Waals surface area contributed by atoms with E-state index >= 15 is 0 Å². The lowest BCUT2D eigenvalue weighted by molar-refractivity contribution is -0.220. The Labute approximate surface area is 401 Å². The lowest BCUT2D eigenvalue weighted by Gasteiger charge is -2.41. The van der Waals surface area contributed by atoms with Crippen LogP contribution in [0.1, 0.15) is 168 Å². The van der Waals surface area contributed by atoms with Crippen LogP contribution in [0.15, 0.2) is 85.1 Å². The molecule has 0 spiro atoms. The third-order valence-corrected chi connectivity index (χ3v) is 12.1. The Balaban J connectivity index is 2.48. The third kappa shape index (κ3) is 33.2. The van der Waals surface area contributed by atoms with E-state index in [2.05, 4.69) is 73.8 Å². The molecule has 0 heterocycles. The summed E-state index contributed by atoms with van der Waals surface area (Å²) in [5, 5.41) is 59.8. The summed E-state index contributed by atoms with van der Waals surface area (Å²) < 4.78 is 33.5. The molecule has 0 radical (unpaired) electrons. The Kier molecular flexibility index (Phi) is 37.8. The zero-order chi connectivity index (χ0) is 49.4. The maximum absolute atomic E-state index is 12.8. The van der Waals surface area contributed by atoms with E-state index in [0.29, 0.717) is 19.3 Å². The predicted molar refractivity (Wildman–Crippen MR) is 264 cm³/mol.